The first-order chi connectivity index (χ1) is 53.8. The molecule has 0 spiro atoms. The number of aliphatic hydroxyl groups excluding tert-OH is 8. The average molecular weight is 1610 g/mol. The van der Waals surface area contributed by atoms with Crippen molar-refractivity contribution in [2.24, 2.45) is 59.2 Å². The monoisotopic (exact) mass is 1610 g/mol. The number of hydrogen-bond acceptors (Lipinski definition) is 12. The largest absolute Gasteiger partial charge is 0.494 e. The van der Waals surface area contributed by atoms with Gasteiger partial charge in [-0.15, -0.1) is 0 Å². The van der Waals surface area contributed by atoms with E-state index in [0.29, 0.717) is 85.8 Å². The van der Waals surface area contributed by atoms with E-state index in [1.54, 1.807) is 12.1 Å². The number of hydrogen-bond donors (Lipinski definition) is 8. The molecule has 0 unspecified atom stereocenters. The second kappa shape index (κ2) is 43.1. The quantitative estimate of drug-likeness (QED) is 0.0285. The van der Waals surface area contributed by atoms with E-state index in [-0.39, 0.29) is 25.0 Å². The van der Waals surface area contributed by atoms with Crippen molar-refractivity contribution in [3.05, 3.63) is 257 Å². The van der Waals surface area contributed by atoms with Crippen molar-refractivity contribution in [2.75, 3.05) is 39.6 Å². The molecule has 20 atom stereocenters. The highest BCUT2D eigenvalue weighted by Gasteiger charge is 2.45. The lowest BCUT2D eigenvalue weighted by Crippen LogP contribution is -2.51. The molecule has 12 nitrogen and oxygen atoms in total. The normalized spacial score (nSPS) is 27.6. The molecular weight excluding hydrogens is 1490 g/mol. The summed E-state index contributed by atoms with van der Waals surface area (Å²) in [6.07, 6.45) is 1.86. The highest BCUT2D eigenvalue weighted by Crippen LogP contribution is 2.50. The van der Waals surface area contributed by atoms with Gasteiger partial charge in [0, 0.05) is 57.0 Å². The van der Waals surface area contributed by atoms with Crippen molar-refractivity contribution in [1.82, 2.24) is 0 Å². The highest BCUT2D eigenvalue weighted by atomic mass is 35.5. The molecule has 12 rings (SSSR count). The number of aliphatic hydroxyl groups is 8. The first-order valence-corrected chi connectivity index (χ1v) is 42.6. The minimum Gasteiger partial charge on any atom is -0.494 e. The fourth-order valence-electron chi connectivity index (χ4n) is 17.9. The molecule has 8 aromatic carbocycles. The summed E-state index contributed by atoms with van der Waals surface area (Å²) < 4.78 is 22.0. The van der Waals surface area contributed by atoms with Gasteiger partial charge in [0.25, 0.3) is 0 Å². The van der Waals surface area contributed by atoms with Crippen molar-refractivity contribution in [3.8, 4) is 23.0 Å². The molecule has 4 saturated carbocycles. The third kappa shape index (κ3) is 23.1. The zero-order chi connectivity index (χ0) is 81.0. The van der Waals surface area contributed by atoms with Gasteiger partial charge in [0.15, 0.2) is 0 Å². The van der Waals surface area contributed by atoms with Gasteiger partial charge >= 0.3 is 0 Å². The number of ether oxygens (including phenoxy) is 4. The van der Waals surface area contributed by atoms with Crippen molar-refractivity contribution < 1.29 is 59.8 Å². The van der Waals surface area contributed by atoms with Gasteiger partial charge < -0.3 is 59.8 Å². The summed E-state index contributed by atoms with van der Waals surface area (Å²) in [5.41, 5.74) is 13.6. The second-order valence-electron chi connectivity index (χ2n) is 32.1. The van der Waals surface area contributed by atoms with Crippen LogP contribution in [0.25, 0.3) is 0 Å². The molecule has 0 bridgehead atoms. The van der Waals surface area contributed by atoms with Crippen LogP contribution in [0.5, 0.6) is 23.0 Å². The van der Waals surface area contributed by atoms with Gasteiger partial charge in [-0.05, 0) is 278 Å². The van der Waals surface area contributed by atoms with E-state index < -0.39 is 48.5 Å². The van der Waals surface area contributed by atoms with Gasteiger partial charge in [-0.25, -0.2) is 0 Å². The van der Waals surface area contributed by atoms with Crippen molar-refractivity contribution in [2.45, 2.75) is 208 Å². The predicted octanol–water partition coefficient (Wildman–Crippen LogP) is 20.5. The molecule has 0 amide bonds. The van der Waals surface area contributed by atoms with Gasteiger partial charge in [-0.2, -0.15) is 0 Å². The van der Waals surface area contributed by atoms with Gasteiger partial charge in [0.2, 0.25) is 0 Å². The molecule has 0 aromatic heterocycles. The van der Waals surface area contributed by atoms with E-state index in [9.17, 15) is 40.9 Å². The Balaban J connectivity index is 0.000000171. The average Bonchev–Trinajstić information content (AvgIpc) is 0.805. The summed E-state index contributed by atoms with van der Waals surface area (Å²) in [6.45, 7) is 29.4. The Morgan fingerprint density at radius 3 is 0.732 bits per heavy atom. The molecule has 8 aromatic rings. The Hall–Kier alpha value is -6.20. The van der Waals surface area contributed by atoms with E-state index in [2.05, 4.69) is 140 Å². The molecule has 8 N–H and O–H groups in total. The molecule has 0 heterocycles. The summed E-state index contributed by atoms with van der Waals surface area (Å²) in [4.78, 5) is 0. The fourth-order valence-corrected chi connectivity index (χ4v) is 18.6. The van der Waals surface area contributed by atoms with Crippen molar-refractivity contribution >= 4 is 46.4 Å². The Morgan fingerprint density at radius 2 is 0.509 bits per heavy atom. The van der Waals surface area contributed by atoms with Gasteiger partial charge in [-0.3, -0.25) is 0 Å². The molecule has 4 fully saturated rings. The lowest BCUT2D eigenvalue weighted by atomic mass is 9.61. The summed E-state index contributed by atoms with van der Waals surface area (Å²) in [5.74, 6) is 9.23. The lowest BCUT2D eigenvalue weighted by Gasteiger charge is -2.44. The molecule has 608 valence electrons. The van der Waals surface area contributed by atoms with E-state index in [1.165, 1.54) is 59.1 Å². The van der Waals surface area contributed by atoms with Crippen LogP contribution in [0.4, 0.5) is 0 Å². The van der Waals surface area contributed by atoms with Crippen LogP contribution in [-0.4, -0.2) is 117 Å². The maximum atomic E-state index is 10.5. The number of benzene rings is 8. The second-order valence-corrected chi connectivity index (χ2v) is 33.7. The molecule has 0 radical (unpaired) electrons. The molecule has 112 heavy (non-hydrogen) atoms. The first kappa shape index (κ1) is 89.7. The summed E-state index contributed by atoms with van der Waals surface area (Å²) in [7, 11) is 0. The number of rotatable bonds is 24. The maximum Gasteiger partial charge on any atom is 0.119 e. The molecule has 16 heteroatoms. The molecule has 0 saturated heterocycles. The summed E-state index contributed by atoms with van der Waals surface area (Å²) >= 11 is 26.0. The van der Waals surface area contributed by atoms with E-state index in [4.69, 9.17) is 65.4 Å². The summed E-state index contributed by atoms with van der Waals surface area (Å²) in [6, 6.07) is 57.0. The zero-order valence-corrected chi connectivity index (χ0v) is 70.8. The third-order valence-electron chi connectivity index (χ3n) is 25.5. The fraction of sp³-hybridized carbons (Fsp3) is 0.500. The van der Waals surface area contributed by atoms with Gasteiger partial charge in [0.1, 0.15) is 35.2 Å². The van der Waals surface area contributed by atoms with Crippen molar-refractivity contribution in [3.63, 3.8) is 0 Å². The topological polar surface area (TPSA) is 199 Å². The van der Waals surface area contributed by atoms with Crippen molar-refractivity contribution in [1.29, 1.82) is 0 Å². The van der Waals surface area contributed by atoms with Gasteiger partial charge in [0.05, 0.1) is 50.8 Å². The van der Waals surface area contributed by atoms with Crippen LogP contribution in [0.1, 0.15) is 212 Å². The standard InChI is InChI=1S/2C26H35ClO.2C22H27ClO5/c2*1-6-21-16-25(19(5)17(3)18(21)4)22-10-13-26(27)23(15-22)14-20-8-11-24(12-9-20)28-7-2;2*1-2-28-17-6-3-13(4-7-17)9-15-10-14(5-8-19(15)23)18-11-16(12-24)20(25)22(27)21(18)26/h2*8-13,15,17-19,21,25H,6-7,14,16H2,1-5H3;2*3-8,10,16,18,20-22,24-27H,2,9,11-12H2,1H3/t17-,18-,19+,21+,25+;17-,18-,19+,21-,25+;16-,18+,20-,21+,22+;16-,18-,20+,21-,22-/m0010/s1. The first-order valence-electron chi connectivity index (χ1n) is 41.1. The maximum absolute atomic E-state index is 10.5. The molecule has 0 aliphatic heterocycles. The molecule has 4 aliphatic rings. The highest BCUT2D eigenvalue weighted by molar-refractivity contribution is 6.32. The third-order valence-corrected chi connectivity index (χ3v) is 27.0. The van der Waals surface area contributed by atoms with E-state index in [0.717, 1.165) is 115 Å². The Bertz CT molecular complexity index is 3620. The minimum atomic E-state index is -1.29. The Labute approximate surface area is 687 Å². The van der Waals surface area contributed by atoms with Crippen LogP contribution in [0, 0.1) is 59.2 Å². The Morgan fingerprint density at radius 1 is 0.277 bits per heavy atom. The SMILES string of the molecule is CCOc1ccc(Cc2cc([C@@H]3C[C@@H](CC)[C@@H](C)[C@H](C)[C@H]3C)ccc2Cl)cc1.CCOc1ccc(Cc2cc([C@@H]3C[C@@H](CO)[C@@H](O)[C@H](O)[C@H]3O)ccc2Cl)cc1.CCOc1ccc(Cc2cc([C@@H]3C[C@H](CC)[C@@H](C)[C@H](C)[C@H]3C)ccc2Cl)cc1.CCOc1ccc(Cc2cc([C@@H]3C[C@H](CO)[C@@H](O)[C@H](O)[C@H]3O)ccc2Cl)cc1. The van der Waals surface area contributed by atoms with Crippen LogP contribution in [0.3, 0.4) is 0 Å². The zero-order valence-electron chi connectivity index (χ0n) is 67.7. The number of halogens is 4. The van der Waals surface area contributed by atoms with Crippen LogP contribution >= 0.6 is 46.4 Å². The smallest absolute Gasteiger partial charge is 0.119 e. The predicted molar refractivity (Wildman–Crippen MR) is 457 cm³/mol. The van der Waals surface area contributed by atoms with Crippen LogP contribution < -0.4 is 18.9 Å². The molecular formula is C96H124Cl4O12. The summed E-state index contributed by atoms with van der Waals surface area (Å²) in [5, 5.41) is 83.3. The molecule has 4 aliphatic carbocycles. The van der Waals surface area contributed by atoms with E-state index in [1.807, 2.05) is 100 Å². The van der Waals surface area contributed by atoms with Crippen LogP contribution in [-0.2, 0) is 25.7 Å². The van der Waals surface area contributed by atoms with Crippen LogP contribution in [0.2, 0.25) is 20.1 Å². The lowest BCUT2D eigenvalue weighted by molar-refractivity contribution is -0.127. The van der Waals surface area contributed by atoms with Crippen LogP contribution in [0.15, 0.2) is 170 Å². The minimum absolute atomic E-state index is 0.242. The van der Waals surface area contributed by atoms with E-state index >= 15 is 0 Å². The van der Waals surface area contributed by atoms with Gasteiger partial charge in [-0.1, -0.05) is 212 Å². The Kier molecular flexibility index (Phi) is 34.6.